The van der Waals surface area contributed by atoms with Gasteiger partial charge in [-0.25, -0.2) is 9.48 Å². The van der Waals surface area contributed by atoms with Crippen LogP contribution in [0, 0.1) is 0 Å². The highest BCUT2D eigenvalue weighted by molar-refractivity contribution is 5.88. The number of hydrogen-bond donors (Lipinski definition) is 1. The number of ether oxygens (including phenoxy) is 3. The zero-order valence-corrected chi connectivity index (χ0v) is 20.7. The van der Waals surface area contributed by atoms with Crippen LogP contribution in [0.1, 0.15) is 57.7 Å². The average molecular weight is 480 g/mol. The first-order chi connectivity index (χ1) is 16.7. The van der Waals surface area contributed by atoms with Crippen molar-refractivity contribution >= 4 is 17.0 Å². The van der Waals surface area contributed by atoms with Crippen LogP contribution < -0.4 is 0 Å². The first-order valence-corrected chi connectivity index (χ1v) is 12.2. The van der Waals surface area contributed by atoms with Crippen molar-refractivity contribution in [2.75, 3.05) is 20.3 Å². The molecule has 5 rings (SSSR count). The van der Waals surface area contributed by atoms with Gasteiger partial charge in [0.25, 0.3) is 0 Å². The summed E-state index contributed by atoms with van der Waals surface area (Å²) in [6.07, 6.45) is 4.05. The van der Waals surface area contributed by atoms with E-state index in [1.807, 2.05) is 43.8 Å². The molecule has 3 atom stereocenters. The van der Waals surface area contributed by atoms with Crippen molar-refractivity contribution in [3.05, 3.63) is 48.2 Å². The van der Waals surface area contributed by atoms with Crippen LogP contribution in [0.25, 0.3) is 22.0 Å². The summed E-state index contributed by atoms with van der Waals surface area (Å²) in [6.45, 7) is 6.78. The van der Waals surface area contributed by atoms with Crippen LogP contribution in [0.3, 0.4) is 0 Å². The van der Waals surface area contributed by atoms with E-state index in [1.54, 1.807) is 19.2 Å². The van der Waals surface area contributed by atoms with Crippen LogP contribution in [-0.2, 0) is 14.2 Å². The summed E-state index contributed by atoms with van der Waals surface area (Å²) in [5.41, 5.74) is 3.47. The lowest BCUT2D eigenvalue weighted by molar-refractivity contribution is -0.151. The van der Waals surface area contributed by atoms with Gasteiger partial charge in [0.05, 0.1) is 24.2 Å². The number of rotatable bonds is 4. The van der Waals surface area contributed by atoms with Gasteiger partial charge in [-0.3, -0.25) is 4.90 Å². The third kappa shape index (κ3) is 4.73. The number of aromatic nitrogens is 2. The summed E-state index contributed by atoms with van der Waals surface area (Å²) < 4.78 is 19.5. The predicted octanol–water partition coefficient (Wildman–Crippen LogP) is 5.41. The third-order valence-corrected chi connectivity index (χ3v) is 6.63. The molecule has 2 saturated heterocycles. The molecule has 2 aliphatic rings. The molecule has 0 bridgehead atoms. The highest BCUT2D eigenvalue weighted by atomic mass is 16.6. The number of nitrogens with zero attached hydrogens (tertiary/aromatic N) is 3. The summed E-state index contributed by atoms with van der Waals surface area (Å²) in [5, 5.41) is 15.5. The molecule has 1 aromatic heterocycles. The van der Waals surface area contributed by atoms with Gasteiger partial charge in [-0.05, 0) is 81.0 Å². The zero-order valence-electron chi connectivity index (χ0n) is 20.7. The number of fused-ring (bicyclic) bond motifs is 1. The summed E-state index contributed by atoms with van der Waals surface area (Å²) in [5.74, 6) is 0.194. The molecule has 186 valence electrons. The minimum atomic E-state index is -0.586. The molecule has 0 saturated carbocycles. The van der Waals surface area contributed by atoms with Crippen LogP contribution in [0.4, 0.5) is 4.79 Å². The van der Waals surface area contributed by atoms with E-state index >= 15 is 0 Å². The van der Waals surface area contributed by atoms with Gasteiger partial charge in [-0.15, -0.1) is 0 Å². The minimum absolute atomic E-state index is 0.0305. The maximum Gasteiger partial charge on any atom is 0.412 e. The molecule has 3 heterocycles. The number of likely N-dealkylation sites (N-methyl/N-ethyl adjacent to an activating group) is 1. The minimum Gasteiger partial charge on any atom is -0.508 e. The number of benzene rings is 2. The van der Waals surface area contributed by atoms with Crippen molar-refractivity contribution in [3.63, 3.8) is 0 Å². The molecule has 35 heavy (non-hydrogen) atoms. The quantitative estimate of drug-likeness (QED) is 0.538. The topological polar surface area (TPSA) is 86.0 Å². The zero-order chi connectivity index (χ0) is 24.7. The Labute approximate surface area is 205 Å². The van der Waals surface area contributed by atoms with E-state index in [-0.39, 0.29) is 17.9 Å². The van der Waals surface area contributed by atoms with E-state index in [9.17, 15) is 9.90 Å². The molecule has 8 nitrogen and oxygen atoms in total. The second kappa shape index (κ2) is 9.17. The molecule has 0 spiro atoms. The smallest absolute Gasteiger partial charge is 0.412 e. The van der Waals surface area contributed by atoms with E-state index in [0.29, 0.717) is 6.61 Å². The maximum atomic E-state index is 12.7. The fraction of sp³-hybridized carbons (Fsp3) is 0.481. The van der Waals surface area contributed by atoms with E-state index in [2.05, 4.69) is 12.1 Å². The molecule has 0 aliphatic carbocycles. The summed E-state index contributed by atoms with van der Waals surface area (Å²) in [6, 6.07) is 11.5. The van der Waals surface area contributed by atoms with Crippen molar-refractivity contribution < 1.29 is 24.1 Å². The van der Waals surface area contributed by atoms with Crippen LogP contribution >= 0.6 is 0 Å². The Balaban J connectivity index is 1.55. The Morgan fingerprint density at radius 3 is 2.54 bits per heavy atom. The Bertz CT molecular complexity index is 1210. The van der Waals surface area contributed by atoms with Crippen LogP contribution in [0.2, 0.25) is 0 Å². The molecular formula is C27H33N3O5. The monoisotopic (exact) mass is 479 g/mol. The molecule has 3 unspecified atom stereocenters. The van der Waals surface area contributed by atoms with Crippen molar-refractivity contribution in [1.82, 2.24) is 14.7 Å². The van der Waals surface area contributed by atoms with Gasteiger partial charge in [0.15, 0.2) is 6.23 Å². The second-order valence-corrected chi connectivity index (χ2v) is 10.4. The van der Waals surface area contributed by atoms with Gasteiger partial charge >= 0.3 is 6.09 Å². The molecule has 2 aliphatic heterocycles. The average Bonchev–Trinajstić information content (AvgIpc) is 3.22. The molecule has 1 N–H and O–H groups in total. The number of phenols is 1. The van der Waals surface area contributed by atoms with E-state index < -0.39 is 17.9 Å². The van der Waals surface area contributed by atoms with Crippen molar-refractivity contribution in [2.24, 2.45) is 0 Å². The predicted molar refractivity (Wildman–Crippen MR) is 132 cm³/mol. The second-order valence-electron chi connectivity index (χ2n) is 10.4. The van der Waals surface area contributed by atoms with Crippen LogP contribution in [0.15, 0.2) is 42.6 Å². The lowest BCUT2D eigenvalue weighted by Crippen LogP contribution is -2.52. The maximum absolute atomic E-state index is 12.7. The van der Waals surface area contributed by atoms with Crippen molar-refractivity contribution in [1.29, 1.82) is 0 Å². The SMILES string of the molecule is CN(C(=O)OC(C)(C)C)C1OCC1c1cc(-c2ccc(O)cc2)cc2c1cnn2C1CCCCO1. The number of hydrogen-bond acceptors (Lipinski definition) is 6. The van der Waals surface area contributed by atoms with Gasteiger partial charge in [0, 0.05) is 19.0 Å². The van der Waals surface area contributed by atoms with Gasteiger partial charge in [0.2, 0.25) is 0 Å². The Kier molecular flexibility index (Phi) is 6.19. The molecule has 3 aromatic rings. The number of carbonyl (C=O) groups is 1. The summed E-state index contributed by atoms with van der Waals surface area (Å²) >= 11 is 0. The number of carbonyl (C=O) groups excluding carboxylic acids is 1. The highest BCUT2D eigenvalue weighted by Crippen LogP contribution is 2.41. The van der Waals surface area contributed by atoms with E-state index in [1.165, 1.54) is 4.90 Å². The van der Waals surface area contributed by atoms with Gasteiger partial charge in [-0.1, -0.05) is 12.1 Å². The first kappa shape index (κ1) is 23.6. The molecule has 8 heteroatoms. The van der Waals surface area contributed by atoms with Crippen molar-refractivity contribution in [2.45, 2.75) is 64.0 Å². The Hall–Kier alpha value is -3.10. The first-order valence-electron chi connectivity index (χ1n) is 12.2. The van der Waals surface area contributed by atoms with Gasteiger partial charge in [-0.2, -0.15) is 5.10 Å². The van der Waals surface area contributed by atoms with Crippen LogP contribution in [-0.4, -0.2) is 58.0 Å². The molecule has 0 radical (unpaired) electrons. The van der Waals surface area contributed by atoms with E-state index in [0.717, 1.165) is 53.5 Å². The largest absolute Gasteiger partial charge is 0.508 e. The molecule has 1 amide bonds. The normalized spacial score (nSPS) is 22.6. The fourth-order valence-corrected chi connectivity index (χ4v) is 4.79. The Morgan fingerprint density at radius 1 is 1.14 bits per heavy atom. The lowest BCUT2D eigenvalue weighted by atomic mass is 9.88. The molecule has 2 fully saturated rings. The van der Waals surface area contributed by atoms with E-state index in [4.69, 9.17) is 19.3 Å². The highest BCUT2D eigenvalue weighted by Gasteiger charge is 2.41. The van der Waals surface area contributed by atoms with Gasteiger partial charge < -0.3 is 19.3 Å². The third-order valence-electron chi connectivity index (χ3n) is 6.63. The molecule has 2 aromatic carbocycles. The number of amides is 1. The summed E-state index contributed by atoms with van der Waals surface area (Å²) in [7, 11) is 1.71. The number of phenolic OH excluding ortho intramolecular Hbond substituents is 1. The fourth-order valence-electron chi connectivity index (χ4n) is 4.79. The molecular weight excluding hydrogens is 446 g/mol. The lowest BCUT2D eigenvalue weighted by Gasteiger charge is -2.43. The van der Waals surface area contributed by atoms with Crippen molar-refractivity contribution in [3.8, 4) is 16.9 Å². The van der Waals surface area contributed by atoms with Gasteiger partial charge in [0.1, 0.15) is 17.6 Å². The number of aromatic hydroxyl groups is 1. The summed E-state index contributed by atoms with van der Waals surface area (Å²) in [4.78, 5) is 14.3. The van der Waals surface area contributed by atoms with Crippen LogP contribution in [0.5, 0.6) is 5.75 Å². The standard InChI is InChI=1S/C27H33N3O5/c1-27(2,3)35-26(32)29(4)25-22(16-34-25)20-13-18(17-8-10-19(31)11-9-17)14-23-21(20)15-28-30(23)24-7-5-6-12-33-24/h8-11,13-15,22,24-25,31H,5-7,12,16H2,1-4H3. The Morgan fingerprint density at radius 2 is 1.91 bits per heavy atom.